The minimum absolute atomic E-state index is 0.0173. The van der Waals surface area contributed by atoms with Gasteiger partial charge in [0.1, 0.15) is 13.2 Å². The number of allylic oxidation sites excluding steroid dienone is 23. The van der Waals surface area contributed by atoms with Gasteiger partial charge in [-0.05, 0) is 116 Å². The maximum atomic E-state index is 13.0. The molecule has 0 saturated carbocycles. The number of phosphoric acid groups is 1. The van der Waals surface area contributed by atoms with Crippen LogP contribution in [0.1, 0.15) is 284 Å². The lowest BCUT2D eigenvalue weighted by atomic mass is 10.0. The summed E-state index contributed by atoms with van der Waals surface area (Å²) in [6.45, 7) is 4.51. The molecule has 0 spiro atoms. The van der Waals surface area contributed by atoms with E-state index >= 15 is 0 Å². The minimum Gasteiger partial charge on any atom is -0.756 e. The topological polar surface area (TPSA) is 108 Å². The monoisotopic (exact) mass is 1210 g/mol. The van der Waals surface area contributed by atoms with Gasteiger partial charge in [0.15, 0.2) is 0 Å². The highest BCUT2D eigenvalue weighted by molar-refractivity contribution is 7.45. The van der Waals surface area contributed by atoms with Crippen LogP contribution in [0.4, 0.5) is 0 Å². The van der Waals surface area contributed by atoms with Gasteiger partial charge in [-0.25, -0.2) is 0 Å². The molecule has 0 bridgehead atoms. The van der Waals surface area contributed by atoms with E-state index in [1.165, 1.54) is 148 Å². The quantitative estimate of drug-likeness (QED) is 0.0272. The molecule has 0 heterocycles. The third kappa shape index (κ3) is 67.9. The highest BCUT2D eigenvalue weighted by Crippen LogP contribution is 2.38. The molecule has 0 aliphatic carbocycles. The van der Waals surface area contributed by atoms with Crippen molar-refractivity contribution in [2.45, 2.75) is 296 Å². The van der Waals surface area contributed by atoms with Crippen molar-refractivity contribution in [3.63, 3.8) is 0 Å². The Morgan fingerprint density at radius 1 is 0.419 bits per heavy atom. The molecular formula is C77H133N2O6P. The van der Waals surface area contributed by atoms with Gasteiger partial charge in [-0.1, -0.05) is 307 Å². The van der Waals surface area contributed by atoms with Crippen molar-refractivity contribution in [1.29, 1.82) is 0 Å². The van der Waals surface area contributed by atoms with E-state index in [9.17, 15) is 19.4 Å². The second-order valence-corrected chi connectivity index (χ2v) is 25.9. The summed E-state index contributed by atoms with van der Waals surface area (Å²) in [6.07, 6.45) is 101. The molecular weight excluding hydrogens is 1080 g/mol. The fraction of sp³-hybridized carbons (Fsp3) is 0.675. The highest BCUT2D eigenvalue weighted by atomic mass is 31.2. The first kappa shape index (κ1) is 82.4. The normalized spacial score (nSPS) is 14.5. The predicted molar refractivity (Wildman–Crippen MR) is 375 cm³/mol. The zero-order chi connectivity index (χ0) is 62.6. The Labute approximate surface area is 531 Å². The van der Waals surface area contributed by atoms with Gasteiger partial charge in [0.25, 0.3) is 7.82 Å². The standard InChI is InChI=1S/C77H133N2O6P/c1-6-8-10-12-14-16-18-20-22-24-26-28-30-32-34-35-36-37-38-39-40-41-42-43-45-47-49-51-53-55-57-59-61-63-65-67-69-71-77(81)78-75(74-85-86(82,83)84-73-72-79(3,4)5)76(80)70-68-66-64-62-60-58-56-54-52-50-48-46-44-33-31-29-27-25-23-21-19-17-15-13-11-9-7-2/h8,10,14,16,20,22,26,28,32,34,36-37,39-40,42-43,47,49,52,54,60,62,68,70,75-76,80H,6-7,9,11-13,15,17-19,21,23-25,27,29-31,33,35,38,41,44-46,48,50-51,53,55-59,61,63-67,69,71-74H2,1-5H3,(H-,78,81,82,83)/b10-8-,16-14-,22-20-,28-26-,34-32-,37-36-,40-39-,43-42-,49-47-,54-52+,62-60+,70-68+. The van der Waals surface area contributed by atoms with Gasteiger partial charge in [0.2, 0.25) is 5.91 Å². The number of likely N-dealkylation sites (N-methyl/N-ethyl adjacent to an activating group) is 1. The van der Waals surface area contributed by atoms with E-state index in [4.69, 9.17) is 9.05 Å². The molecule has 0 aliphatic rings. The smallest absolute Gasteiger partial charge is 0.268 e. The van der Waals surface area contributed by atoms with Crippen LogP contribution in [0.3, 0.4) is 0 Å². The van der Waals surface area contributed by atoms with Gasteiger partial charge >= 0.3 is 0 Å². The molecule has 9 heteroatoms. The predicted octanol–water partition coefficient (Wildman–Crippen LogP) is 22.1. The number of aliphatic hydroxyl groups is 1. The largest absolute Gasteiger partial charge is 0.756 e. The number of hydrogen-bond donors (Lipinski definition) is 2. The number of phosphoric ester groups is 1. The number of carbonyl (C=O) groups excluding carboxylic acids is 1. The van der Waals surface area contributed by atoms with Gasteiger partial charge in [0.05, 0.1) is 39.9 Å². The Balaban J connectivity index is 4.20. The molecule has 0 saturated heterocycles. The van der Waals surface area contributed by atoms with Crippen LogP contribution < -0.4 is 10.2 Å². The first-order chi connectivity index (χ1) is 42.0. The fourth-order valence-corrected chi connectivity index (χ4v) is 10.3. The molecule has 1 amide bonds. The number of quaternary nitrogens is 1. The van der Waals surface area contributed by atoms with E-state index in [0.29, 0.717) is 17.4 Å². The van der Waals surface area contributed by atoms with Crippen molar-refractivity contribution < 1.29 is 32.9 Å². The van der Waals surface area contributed by atoms with Crippen LogP contribution in [0, 0.1) is 0 Å². The van der Waals surface area contributed by atoms with Crippen molar-refractivity contribution in [1.82, 2.24) is 5.32 Å². The number of rotatable bonds is 63. The molecule has 2 N–H and O–H groups in total. The summed E-state index contributed by atoms with van der Waals surface area (Å²) in [4.78, 5) is 25.6. The number of unbranched alkanes of at least 4 members (excludes halogenated alkanes) is 28. The van der Waals surface area contributed by atoms with Gasteiger partial charge < -0.3 is 28.8 Å². The number of nitrogens with one attached hydrogen (secondary N) is 1. The molecule has 0 aromatic heterocycles. The van der Waals surface area contributed by atoms with Crippen LogP contribution in [0.25, 0.3) is 0 Å². The number of aliphatic hydroxyl groups excluding tert-OH is 1. The summed E-state index contributed by atoms with van der Waals surface area (Å²) < 4.78 is 23.4. The van der Waals surface area contributed by atoms with E-state index in [1.54, 1.807) is 6.08 Å². The van der Waals surface area contributed by atoms with Crippen molar-refractivity contribution in [3.05, 3.63) is 146 Å². The summed E-state index contributed by atoms with van der Waals surface area (Å²) in [7, 11) is 1.22. The maximum Gasteiger partial charge on any atom is 0.268 e. The average molecular weight is 1210 g/mol. The molecule has 0 aliphatic heterocycles. The van der Waals surface area contributed by atoms with E-state index in [0.717, 1.165) is 116 Å². The second kappa shape index (κ2) is 65.8. The molecule has 0 aromatic rings. The zero-order valence-corrected chi connectivity index (χ0v) is 57.1. The van der Waals surface area contributed by atoms with Crippen LogP contribution in [-0.4, -0.2) is 68.5 Å². The van der Waals surface area contributed by atoms with Crippen molar-refractivity contribution in [2.75, 3.05) is 40.9 Å². The number of carbonyl (C=O) groups is 1. The first-order valence-corrected chi connectivity index (χ1v) is 36.7. The Bertz CT molecular complexity index is 1910. The second-order valence-electron chi connectivity index (χ2n) is 24.5. The number of hydrogen-bond acceptors (Lipinski definition) is 6. The third-order valence-corrected chi connectivity index (χ3v) is 16.0. The van der Waals surface area contributed by atoms with Gasteiger partial charge in [-0.2, -0.15) is 0 Å². The average Bonchev–Trinajstić information content (AvgIpc) is 3.70. The number of nitrogens with zero attached hydrogens (tertiary/aromatic N) is 1. The SMILES string of the molecule is CC/C=C\C/C=C\C/C=C\C/C=C\C/C=C\C/C=C\C/C=C\C/C=C\C/C=C\CCCCCCCCCCCC(=O)NC(COP(=O)([O-])OCC[N+](C)(C)C)C(O)/C=C/CC/C=C/CC/C=C/CCCCCCCCCCCCCCCCCCC. The van der Waals surface area contributed by atoms with Crippen LogP contribution in [0.15, 0.2) is 146 Å². The molecule has 86 heavy (non-hydrogen) atoms. The van der Waals surface area contributed by atoms with Gasteiger partial charge in [-0.15, -0.1) is 0 Å². The Kier molecular flexibility index (Phi) is 63.0. The molecule has 8 nitrogen and oxygen atoms in total. The van der Waals surface area contributed by atoms with Crippen molar-refractivity contribution >= 4 is 13.7 Å². The molecule has 0 rings (SSSR count). The number of amides is 1. The van der Waals surface area contributed by atoms with E-state index in [2.05, 4.69) is 153 Å². The summed E-state index contributed by atoms with van der Waals surface area (Å²) in [5.74, 6) is -0.222. The summed E-state index contributed by atoms with van der Waals surface area (Å²) in [5.41, 5.74) is 0. The highest BCUT2D eigenvalue weighted by Gasteiger charge is 2.23. The maximum absolute atomic E-state index is 13.0. The van der Waals surface area contributed by atoms with Gasteiger partial charge in [0, 0.05) is 6.42 Å². The van der Waals surface area contributed by atoms with Crippen molar-refractivity contribution in [2.24, 2.45) is 0 Å². The van der Waals surface area contributed by atoms with Crippen LogP contribution >= 0.6 is 7.82 Å². The van der Waals surface area contributed by atoms with Gasteiger partial charge in [-0.3, -0.25) is 9.36 Å². The van der Waals surface area contributed by atoms with Crippen LogP contribution in [0.5, 0.6) is 0 Å². The Morgan fingerprint density at radius 3 is 1.08 bits per heavy atom. The van der Waals surface area contributed by atoms with E-state index in [1.807, 2.05) is 27.2 Å². The summed E-state index contributed by atoms with van der Waals surface area (Å²) >= 11 is 0. The molecule has 492 valence electrons. The van der Waals surface area contributed by atoms with E-state index < -0.39 is 26.6 Å². The fourth-order valence-electron chi connectivity index (χ4n) is 9.59. The van der Waals surface area contributed by atoms with Crippen LogP contribution in [-0.2, 0) is 18.4 Å². The lowest BCUT2D eigenvalue weighted by Crippen LogP contribution is -2.45. The lowest BCUT2D eigenvalue weighted by molar-refractivity contribution is -0.870. The molecule has 3 atom stereocenters. The molecule has 0 radical (unpaired) electrons. The third-order valence-electron chi connectivity index (χ3n) is 15.0. The molecule has 0 fully saturated rings. The van der Waals surface area contributed by atoms with Crippen molar-refractivity contribution in [3.8, 4) is 0 Å². The molecule has 3 unspecified atom stereocenters. The van der Waals surface area contributed by atoms with E-state index in [-0.39, 0.29) is 12.5 Å². The molecule has 0 aromatic carbocycles. The Hall–Kier alpha value is -3.62. The zero-order valence-electron chi connectivity index (χ0n) is 56.2. The Morgan fingerprint density at radius 2 is 0.721 bits per heavy atom. The first-order valence-electron chi connectivity index (χ1n) is 35.2. The summed E-state index contributed by atoms with van der Waals surface area (Å²) in [6, 6.07) is -0.926. The summed E-state index contributed by atoms with van der Waals surface area (Å²) in [5, 5.41) is 13.9. The lowest BCUT2D eigenvalue weighted by Gasteiger charge is -2.29. The minimum atomic E-state index is -4.63. The van der Waals surface area contributed by atoms with Crippen LogP contribution in [0.2, 0.25) is 0 Å².